The van der Waals surface area contributed by atoms with Crippen LogP contribution in [0.5, 0.6) is 0 Å². The molecule has 0 unspecified atom stereocenters. The molecule has 2 heterocycles. The Labute approximate surface area is 232 Å². The van der Waals surface area contributed by atoms with Crippen molar-refractivity contribution in [1.82, 2.24) is 9.97 Å². The molecule has 190 valence electrons. The van der Waals surface area contributed by atoms with Crippen LogP contribution in [0, 0.1) is 39.0 Å². The number of halogens is 2. The molecule has 0 atom stereocenters. The Balaban J connectivity index is 0.000000194. The molecule has 38 heavy (non-hydrogen) atoms. The Morgan fingerprint density at radius 2 is 1.37 bits per heavy atom. The van der Waals surface area contributed by atoms with E-state index in [0.717, 1.165) is 55.8 Å². The molecule has 1 N–H and O–H groups in total. The van der Waals surface area contributed by atoms with E-state index in [1.54, 1.807) is 18.2 Å². The van der Waals surface area contributed by atoms with Crippen LogP contribution >= 0.6 is 23.2 Å². The fraction of sp³-hybridized carbons (Fsp3) is 0.161. The summed E-state index contributed by atoms with van der Waals surface area (Å²) in [4.78, 5) is 19.7. The summed E-state index contributed by atoms with van der Waals surface area (Å²) in [6.45, 7) is 8.48. The highest BCUT2D eigenvalue weighted by Crippen LogP contribution is 2.27. The molecule has 0 aliphatic rings. The molecule has 0 saturated carbocycles. The van der Waals surface area contributed by atoms with E-state index in [1.807, 2.05) is 51.1 Å². The monoisotopic (exact) mass is 540 g/mol. The molecular formula is C31H26Cl2N4O. The number of fused-ring (bicyclic) bond motifs is 2. The lowest BCUT2D eigenvalue weighted by Gasteiger charge is -2.11. The number of rotatable bonds is 4. The normalized spacial score (nSPS) is 10.6. The van der Waals surface area contributed by atoms with Crippen LogP contribution in [0.25, 0.3) is 21.8 Å². The third kappa shape index (κ3) is 6.11. The first-order chi connectivity index (χ1) is 18.2. The fourth-order valence-electron chi connectivity index (χ4n) is 4.16. The molecule has 0 saturated heterocycles. The third-order valence-corrected chi connectivity index (χ3v) is 6.87. The van der Waals surface area contributed by atoms with Gasteiger partial charge in [-0.05, 0) is 105 Å². The average Bonchev–Trinajstić information content (AvgIpc) is 2.89. The first-order valence-electron chi connectivity index (χ1n) is 12.0. The van der Waals surface area contributed by atoms with Gasteiger partial charge in [-0.25, -0.2) is 0 Å². The topological polar surface area (TPSA) is 78.7 Å². The number of nitriles is 1. The number of hydrogen-bond donors (Lipinski definition) is 1. The predicted octanol–water partition coefficient (Wildman–Crippen LogP) is 8.31. The van der Waals surface area contributed by atoms with E-state index in [1.165, 1.54) is 11.1 Å². The van der Waals surface area contributed by atoms with Gasteiger partial charge in [-0.2, -0.15) is 5.26 Å². The number of anilines is 1. The summed E-state index contributed by atoms with van der Waals surface area (Å²) in [7, 11) is 0. The molecule has 5 nitrogen and oxygen atoms in total. The average molecular weight is 541 g/mol. The van der Waals surface area contributed by atoms with Crippen LogP contribution in [0.1, 0.15) is 44.0 Å². The van der Waals surface area contributed by atoms with Crippen LogP contribution in [-0.4, -0.2) is 16.3 Å². The van der Waals surface area contributed by atoms with Crippen molar-refractivity contribution in [1.29, 1.82) is 5.26 Å². The number of aryl methyl sites for hydroxylation is 4. The zero-order valence-electron chi connectivity index (χ0n) is 21.6. The zero-order valence-corrected chi connectivity index (χ0v) is 23.1. The van der Waals surface area contributed by atoms with Crippen LogP contribution in [0.4, 0.5) is 5.69 Å². The van der Waals surface area contributed by atoms with E-state index in [9.17, 15) is 4.79 Å². The quantitative estimate of drug-likeness (QED) is 0.232. The number of pyridine rings is 2. The molecule has 0 fully saturated rings. The smallest absolute Gasteiger partial charge is 0.150 e. The minimum atomic E-state index is 0.659. The maximum atomic E-state index is 10.8. The third-order valence-electron chi connectivity index (χ3n) is 6.24. The molecule has 0 aliphatic heterocycles. The molecule has 0 amide bonds. The van der Waals surface area contributed by atoms with E-state index in [-0.39, 0.29) is 0 Å². The van der Waals surface area contributed by atoms with Crippen molar-refractivity contribution in [2.24, 2.45) is 0 Å². The number of nitrogens with zero attached hydrogens (tertiary/aromatic N) is 3. The van der Waals surface area contributed by atoms with Gasteiger partial charge in [0.2, 0.25) is 0 Å². The minimum Gasteiger partial charge on any atom is -0.381 e. The second-order valence-electron chi connectivity index (χ2n) is 9.17. The summed E-state index contributed by atoms with van der Waals surface area (Å²) in [5, 5.41) is 15.5. The summed E-state index contributed by atoms with van der Waals surface area (Å²) in [6, 6.07) is 21.1. The SMILES string of the molecule is Cc1cc(Cl)c2cc(C)c(C=O)cc2n1.Cc1cc(Cl)c2cc(C)c(CNc3ccc(C#N)cc3)cc2n1. The molecule has 3 aromatic carbocycles. The van der Waals surface area contributed by atoms with Gasteiger partial charge in [-0.15, -0.1) is 0 Å². The highest BCUT2D eigenvalue weighted by atomic mass is 35.5. The molecule has 5 rings (SSSR count). The Hall–Kier alpha value is -3.98. The molecule has 2 aromatic heterocycles. The standard InChI is InChI=1S/C19H16ClN3.C12H10ClNO/c1-12-7-17-18(20)8-13(2)23-19(17)9-15(12)11-22-16-5-3-14(10-21)4-6-16;1-7-3-10-11(13)4-8(2)14-12(10)5-9(7)6-15/h3-9,22H,11H2,1-2H3;3-6H,1-2H3. The van der Waals surface area contributed by atoms with Gasteiger partial charge < -0.3 is 5.32 Å². The first kappa shape index (κ1) is 27.1. The molecule has 0 bridgehead atoms. The minimum absolute atomic E-state index is 0.659. The van der Waals surface area contributed by atoms with E-state index >= 15 is 0 Å². The van der Waals surface area contributed by atoms with Crippen molar-refractivity contribution in [2.45, 2.75) is 34.2 Å². The molecule has 0 aliphatic carbocycles. The molecular weight excluding hydrogens is 515 g/mol. The first-order valence-corrected chi connectivity index (χ1v) is 12.8. The van der Waals surface area contributed by atoms with Gasteiger partial charge in [-0.1, -0.05) is 23.2 Å². The van der Waals surface area contributed by atoms with Crippen LogP contribution in [0.15, 0.2) is 60.7 Å². The maximum Gasteiger partial charge on any atom is 0.150 e. The summed E-state index contributed by atoms with van der Waals surface area (Å²) < 4.78 is 0. The molecule has 5 aromatic rings. The lowest BCUT2D eigenvalue weighted by Crippen LogP contribution is -2.02. The van der Waals surface area contributed by atoms with E-state index < -0.39 is 0 Å². The summed E-state index contributed by atoms with van der Waals surface area (Å²) >= 11 is 12.4. The van der Waals surface area contributed by atoms with Gasteiger partial charge in [0.05, 0.1) is 32.7 Å². The lowest BCUT2D eigenvalue weighted by atomic mass is 10.0. The van der Waals surface area contributed by atoms with Crippen LogP contribution in [-0.2, 0) is 6.54 Å². The van der Waals surface area contributed by atoms with Crippen molar-refractivity contribution in [3.8, 4) is 6.07 Å². The van der Waals surface area contributed by atoms with Crippen molar-refractivity contribution >= 4 is 57.0 Å². The number of carbonyl (C=O) groups is 1. The fourth-order valence-corrected chi connectivity index (χ4v) is 4.78. The Morgan fingerprint density at radius 1 is 0.816 bits per heavy atom. The number of aldehydes is 1. The number of hydrogen-bond acceptors (Lipinski definition) is 5. The van der Waals surface area contributed by atoms with Crippen molar-refractivity contribution in [2.75, 3.05) is 5.32 Å². The maximum absolute atomic E-state index is 10.8. The number of aromatic nitrogens is 2. The van der Waals surface area contributed by atoms with E-state index in [0.29, 0.717) is 22.7 Å². The van der Waals surface area contributed by atoms with Gasteiger partial charge in [0.15, 0.2) is 0 Å². The van der Waals surface area contributed by atoms with Crippen LogP contribution in [0.2, 0.25) is 10.0 Å². The highest BCUT2D eigenvalue weighted by molar-refractivity contribution is 6.35. The molecule has 0 radical (unpaired) electrons. The largest absolute Gasteiger partial charge is 0.381 e. The molecule has 7 heteroatoms. The van der Waals surface area contributed by atoms with Crippen molar-refractivity contribution in [3.05, 3.63) is 110 Å². The Bertz CT molecular complexity index is 1710. The van der Waals surface area contributed by atoms with Crippen LogP contribution < -0.4 is 5.32 Å². The summed E-state index contributed by atoms with van der Waals surface area (Å²) in [5.41, 5.74) is 9.03. The number of carbonyl (C=O) groups excluding carboxylic acids is 1. The highest BCUT2D eigenvalue weighted by Gasteiger charge is 2.08. The molecule has 0 spiro atoms. The van der Waals surface area contributed by atoms with Gasteiger partial charge in [-0.3, -0.25) is 14.8 Å². The van der Waals surface area contributed by atoms with Gasteiger partial charge >= 0.3 is 0 Å². The predicted molar refractivity (Wildman–Crippen MR) is 156 cm³/mol. The second kappa shape index (κ2) is 11.6. The van der Waals surface area contributed by atoms with Gasteiger partial charge in [0, 0.05) is 40.0 Å². The second-order valence-corrected chi connectivity index (χ2v) is 9.99. The zero-order chi connectivity index (χ0) is 27.4. The summed E-state index contributed by atoms with van der Waals surface area (Å²) in [5.74, 6) is 0. The lowest BCUT2D eigenvalue weighted by molar-refractivity contribution is 0.112. The number of nitrogens with one attached hydrogen (secondary N) is 1. The van der Waals surface area contributed by atoms with Gasteiger partial charge in [0.25, 0.3) is 0 Å². The summed E-state index contributed by atoms with van der Waals surface area (Å²) in [6.07, 6.45) is 0.840. The van der Waals surface area contributed by atoms with Crippen molar-refractivity contribution < 1.29 is 4.79 Å². The number of benzene rings is 3. The van der Waals surface area contributed by atoms with Gasteiger partial charge in [0.1, 0.15) is 6.29 Å². The van der Waals surface area contributed by atoms with Crippen LogP contribution in [0.3, 0.4) is 0 Å². The van der Waals surface area contributed by atoms with E-state index in [4.69, 9.17) is 28.5 Å². The Kier molecular flexibility index (Phi) is 8.26. The Morgan fingerprint density at radius 3 is 1.92 bits per heavy atom. The van der Waals surface area contributed by atoms with Crippen molar-refractivity contribution in [3.63, 3.8) is 0 Å². The van der Waals surface area contributed by atoms with E-state index in [2.05, 4.69) is 40.4 Å².